The molecule has 1 aromatic carbocycles. The van der Waals surface area contributed by atoms with Gasteiger partial charge in [0.05, 0.1) is 5.37 Å². The zero-order valence-electron chi connectivity index (χ0n) is 11.4. The summed E-state index contributed by atoms with van der Waals surface area (Å²) in [5, 5.41) is 10.4. The highest BCUT2D eigenvalue weighted by Crippen LogP contribution is 2.40. The molecular formula is C15H23NOS. The molecule has 0 fully saturated rings. The van der Waals surface area contributed by atoms with Crippen molar-refractivity contribution in [3.05, 3.63) is 23.8 Å². The van der Waals surface area contributed by atoms with Gasteiger partial charge in [-0.1, -0.05) is 19.9 Å². The van der Waals surface area contributed by atoms with Crippen molar-refractivity contribution in [1.29, 1.82) is 0 Å². The van der Waals surface area contributed by atoms with Gasteiger partial charge in [0.2, 0.25) is 0 Å². The Balaban J connectivity index is 2.10. The first kappa shape index (κ1) is 13.8. The lowest BCUT2D eigenvalue weighted by molar-refractivity contribution is 0.245. The van der Waals surface area contributed by atoms with Gasteiger partial charge in [-0.25, -0.2) is 0 Å². The van der Waals surface area contributed by atoms with E-state index in [1.165, 1.54) is 30.8 Å². The lowest BCUT2D eigenvalue weighted by atomic mass is 10.1. The second-order valence-electron chi connectivity index (χ2n) is 4.90. The van der Waals surface area contributed by atoms with E-state index >= 15 is 0 Å². The number of phenolic OH excluding ortho intramolecular Hbond substituents is 1. The van der Waals surface area contributed by atoms with Gasteiger partial charge in [0.1, 0.15) is 5.75 Å². The summed E-state index contributed by atoms with van der Waals surface area (Å²) >= 11 is 1.93. The Hall–Kier alpha value is -0.670. The van der Waals surface area contributed by atoms with Crippen LogP contribution in [0.15, 0.2) is 23.1 Å². The van der Waals surface area contributed by atoms with E-state index in [1.807, 2.05) is 17.8 Å². The minimum Gasteiger partial charge on any atom is -0.508 e. The molecule has 100 valence electrons. The highest BCUT2D eigenvalue weighted by atomic mass is 32.2. The van der Waals surface area contributed by atoms with Gasteiger partial charge < -0.3 is 5.11 Å². The average Bonchev–Trinajstić information content (AvgIpc) is 2.38. The molecule has 1 atom stereocenters. The lowest BCUT2D eigenvalue weighted by Crippen LogP contribution is -2.36. The van der Waals surface area contributed by atoms with Gasteiger partial charge in [0.15, 0.2) is 0 Å². The molecule has 0 amide bonds. The predicted molar refractivity (Wildman–Crippen MR) is 78.2 cm³/mol. The summed E-state index contributed by atoms with van der Waals surface area (Å²) in [6, 6.07) is 5.89. The van der Waals surface area contributed by atoms with E-state index < -0.39 is 0 Å². The Morgan fingerprint density at radius 3 is 2.67 bits per heavy atom. The van der Waals surface area contributed by atoms with Gasteiger partial charge in [0.25, 0.3) is 0 Å². The van der Waals surface area contributed by atoms with Gasteiger partial charge >= 0.3 is 0 Å². The molecule has 1 unspecified atom stereocenters. The van der Waals surface area contributed by atoms with E-state index in [-0.39, 0.29) is 0 Å². The molecule has 0 bridgehead atoms. The van der Waals surface area contributed by atoms with Crippen LogP contribution in [-0.4, -0.2) is 28.5 Å². The first-order valence-electron chi connectivity index (χ1n) is 6.97. The van der Waals surface area contributed by atoms with Crippen molar-refractivity contribution < 1.29 is 5.11 Å². The van der Waals surface area contributed by atoms with E-state index in [0.717, 1.165) is 18.4 Å². The minimum absolute atomic E-state index is 0.469. The van der Waals surface area contributed by atoms with Crippen molar-refractivity contribution in [3.63, 3.8) is 0 Å². The number of fused-ring (bicyclic) bond motifs is 1. The molecule has 0 aromatic heterocycles. The molecule has 0 spiro atoms. The summed E-state index contributed by atoms with van der Waals surface area (Å²) in [6.07, 6.45) is 4.58. The summed E-state index contributed by atoms with van der Waals surface area (Å²) in [6.45, 7) is 6.85. The maximum Gasteiger partial charge on any atom is 0.119 e. The van der Waals surface area contributed by atoms with E-state index in [2.05, 4.69) is 24.8 Å². The number of hydrogen-bond donors (Lipinski definition) is 1. The second-order valence-corrected chi connectivity index (χ2v) is 6.12. The van der Waals surface area contributed by atoms with Crippen molar-refractivity contribution in [2.24, 2.45) is 0 Å². The van der Waals surface area contributed by atoms with E-state index in [1.54, 1.807) is 6.07 Å². The van der Waals surface area contributed by atoms with Crippen molar-refractivity contribution in [2.45, 2.75) is 49.8 Å². The molecule has 1 aliphatic rings. The summed E-state index contributed by atoms with van der Waals surface area (Å²) in [5.41, 5.74) is 1.15. The van der Waals surface area contributed by atoms with Gasteiger partial charge in [-0.3, -0.25) is 4.90 Å². The first-order chi connectivity index (χ1) is 8.76. The Bertz CT molecular complexity index is 388. The second kappa shape index (κ2) is 6.48. The quantitative estimate of drug-likeness (QED) is 0.874. The molecule has 0 saturated heterocycles. The van der Waals surface area contributed by atoms with Crippen LogP contribution in [0.4, 0.5) is 0 Å². The van der Waals surface area contributed by atoms with Gasteiger partial charge in [0, 0.05) is 10.5 Å². The standard InChI is InChI=1S/C15H23NOS/c1-3-10-16(11-4-2)15-9-8-12-13(17)6-5-7-14(12)18-15/h5-7,15,17H,3-4,8-11H2,1-2H3. The maximum atomic E-state index is 9.86. The fourth-order valence-corrected chi connectivity index (χ4v) is 4.02. The third kappa shape index (κ3) is 3.01. The third-order valence-electron chi connectivity index (χ3n) is 3.44. The van der Waals surface area contributed by atoms with Gasteiger partial charge in [-0.2, -0.15) is 0 Å². The Labute approximate surface area is 114 Å². The summed E-state index contributed by atoms with van der Waals surface area (Å²) in [4.78, 5) is 3.86. The molecule has 0 radical (unpaired) electrons. The fourth-order valence-electron chi connectivity index (χ4n) is 2.62. The number of phenols is 1. The number of thioether (sulfide) groups is 1. The van der Waals surface area contributed by atoms with Crippen LogP contribution < -0.4 is 0 Å². The number of rotatable bonds is 5. The Morgan fingerprint density at radius 2 is 2.00 bits per heavy atom. The molecule has 0 aliphatic carbocycles. The van der Waals surface area contributed by atoms with Crippen LogP contribution in [0, 0.1) is 0 Å². The van der Waals surface area contributed by atoms with Crippen LogP contribution in [-0.2, 0) is 6.42 Å². The zero-order valence-corrected chi connectivity index (χ0v) is 12.2. The average molecular weight is 265 g/mol. The summed E-state index contributed by atoms with van der Waals surface area (Å²) < 4.78 is 0. The molecular weight excluding hydrogens is 242 g/mol. The molecule has 3 heteroatoms. The number of benzene rings is 1. The van der Waals surface area contributed by atoms with Crippen LogP contribution >= 0.6 is 11.8 Å². The van der Waals surface area contributed by atoms with E-state index in [9.17, 15) is 5.11 Å². The van der Waals surface area contributed by atoms with Gasteiger partial charge in [-0.15, -0.1) is 11.8 Å². The Morgan fingerprint density at radius 1 is 1.28 bits per heavy atom. The molecule has 18 heavy (non-hydrogen) atoms. The van der Waals surface area contributed by atoms with Crippen molar-refractivity contribution in [2.75, 3.05) is 13.1 Å². The van der Waals surface area contributed by atoms with Crippen molar-refractivity contribution in [3.8, 4) is 5.75 Å². The number of hydrogen-bond acceptors (Lipinski definition) is 3. The number of nitrogens with zero attached hydrogens (tertiary/aromatic N) is 1. The highest BCUT2D eigenvalue weighted by molar-refractivity contribution is 8.00. The normalized spacial score (nSPS) is 18.9. The predicted octanol–water partition coefficient (Wildman–Crippen LogP) is 3.88. The van der Waals surface area contributed by atoms with E-state index in [4.69, 9.17) is 0 Å². The van der Waals surface area contributed by atoms with E-state index in [0.29, 0.717) is 11.1 Å². The monoisotopic (exact) mass is 265 g/mol. The molecule has 1 aromatic rings. The molecule has 0 saturated carbocycles. The fraction of sp³-hybridized carbons (Fsp3) is 0.600. The molecule has 1 heterocycles. The van der Waals surface area contributed by atoms with Crippen LogP contribution in [0.2, 0.25) is 0 Å². The van der Waals surface area contributed by atoms with Crippen LogP contribution in [0.5, 0.6) is 5.75 Å². The molecule has 2 rings (SSSR count). The van der Waals surface area contributed by atoms with Crippen LogP contribution in [0.25, 0.3) is 0 Å². The topological polar surface area (TPSA) is 23.5 Å². The number of aromatic hydroxyl groups is 1. The zero-order chi connectivity index (χ0) is 13.0. The summed E-state index contributed by atoms with van der Waals surface area (Å²) in [5.74, 6) is 0.469. The molecule has 1 aliphatic heterocycles. The minimum atomic E-state index is 0.469. The van der Waals surface area contributed by atoms with Crippen LogP contribution in [0.3, 0.4) is 0 Å². The SMILES string of the molecule is CCCN(CCC)C1CCc2c(O)cccc2S1. The largest absolute Gasteiger partial charge is 0.508 e. The Kier molecular flexibility index (Phi) is 4.95. The lowest BCUT2D eigenvalue weighted by Gasteiger charge is -2.34. The smallest absolute Gasteiger partial charge is 0.119 e. The van der Waals surface area contributed by atoms with Gasteiger partial charge in [-0.05, 0) is 50.9 Å². The third-order valence-corrected chi connectivity index (χ3v) is 4.88. The maximum absolute atomic E-state index is 9.86. The van der Waals surface area contributed by atoms with Crippen molar-refractivity contribution in [1.82, 2.24) is 4.90 Å². The summed E-state index contributed by atoms with van der Waals surface area (Å²) in [7, 11) is 0. The van der Waals surface area contributed by atoms with Crippen molar-refractivity contribution >= 4 is 11.8 Å². The highest BCUT2D eigenvalue weighted by Gasteiger charge is 2.25. The molecule has 1 N–H and O–H groups in total. The first-order valence-corrected chi connectivity index (χ1v) is 7.85. The molecule has 2 nitrogen and oxygen atoms in total. The van der Waals surface area contributed by atoms with Crippen LogP contribution in [0.1, 0.15) is 38.7 Å².